The third-order valence-electron chi connectivity index (χ3n) is 18.0. The van der Waals surface area contributed by atoms with Crippen molar-refractivity contribution in [2.24, 2.45) is 0 Å². The first-order valence-electron chi connectivity index (χ1n) is 38.1. The van der Waals surface area contributed by atoms with Crippen LogP contribution in [-0.4, -0.2) is 47.4 Å². The summed E-state index contributed by atoms with van der Waals surface area (Å²) in [4.78, 5) is 24.6. The Hall–Kier alpha value is -1.66. The Bertz CT molecular complexity index is 1300. The minimum atomic E-state index is -0.845. The lowest BCUT2D eigenvalue weighted by molar-refractivity contribution is -0.143. The van der Waals surface area contributed by atoms with Crippen LogP contribution in [0.25, 0.3) is 0 Å². The van der Waals surface area contributed by atoms with Gasteiger partial charge in [-0.2, -0.15) is 0 Å². The molecule has 6 nitrogen and oxygen atoms in total. The van der Waals surface area contributed by atoms with Crippen molar-refractivity contribution in [3.8, 4) is 0 Å². The van der Waals surface area contributed by atoms with E-state index in [-0.39, 0.29) is 18.5 Å². The van der Waals surface area contributed by atoms with Crippen LogP contribution in [0.3, 0.4) is 0 Å². The Morgan fingerprint density at radius 1 is 0.325 bits per heavy atom. The van der Waals surface area contributed by atoms with Gasteiger partial charge in [0.1, 0.15) is 0 Å². The maximum Gasteiger partial charge on any atom is 0.305 e. The van der Waals surface area contributed by atoms with E-state index in [1.165, 1.54) is 366 Å². The molecule has 0 spiro atoms. The van der Waals surface area contributed by atoms with Crippen LogP contribution in [0, 0.1) is 0 Å². The van der Waals surface area contributed by atoms with Gasteiger partial charge in [-0.1, -0.05) is 385 Å². The highest BCUT2D eigenvalue weighted by molar-refractivity contribution is 5.76. The first-order chi connectivity index (χ1) is 41.0. The molecule has 6 heteroatoms. The van der Waals surface area contributed by atoms with E-state index < -0.39 is 12.1 Å². The fourth-order valence-corrected chi connectivity index (χ4v) is 12.2. The second-order valence-corrected chi connectivity index (χ2v) is 26.3. The fourth-order valence-electron chi connectivity index (χ4n) is 12.2. The van der Waals surface area contributed by atoms with Crippen LogP contribution in [0.5, 0.6) is 0 Å². The molecular weight excluding hydrogens is 1020 g/mol. The van der Waals surface area contributed by atoms with Crippen molar-refractivity contribution in [2.75, 3.05) is 13.2 Å². The molecule has 1 amide bonds. The van der Waals surface area contributed by atoms with Gasteiger partial charge < -0.3 is 20.3 Å². The summed E-state index contributed by atoms with van der Waals surface area (Å²) in [6, 6.07) is -0.628. The van der Waals surface area contributed by atoms with E-state index in [0.29, 0.717) is 19.4 Å². The van der Waals surface area contributed by atoms with Crippen molar-refractivity contribution >= 4 is 11.9 Å². The largest absolute Gasteiger partial charge is 0.466 e. The molecule has 0 heterocycles. The molecule has 0 rings (SSSR count). The van der Waals surface area contributed by atoms with Gasteiger partial charge in [0.15, 0.2) is 0 Å². The highest BCUT2D eigenvalue weighted by Gasteiger charge is 2.18. The number of rotatable bonds is 72. The summed E-state index contributed by atoms with van der Waals surface area (Å²) in [6.07, 6.45) is 92.9. The number of hydrogen-bond donors (Lipinski definition) is 3. The van der Waals surface area contributed by atoms with Crippen LogP contribution in [0.15, 0.2) is 24.3 Å². The van der Waals surface area contributed by atoms with E-state index in [0.717, 1.165) is 38.5 Å². The molecule has 3 N–H and O–H groups in total. The number of aliphatic hydroxyl groups excluding tert-OH is 2. The molecule has 0 aliphatic heterocycles. The maximum atomic E-state index is 12.5. The number of amides is 1. The molecule has 0 aliphatic carbocycles. The van der Waals surface area contributed by atoms with Crippen molar-refractivity contribution in [1.82, 2.24) is 5.32 Å². The third-order valence-corrected chi connectivity index (χ3v) is 18.0. The summed E-state index contributed by atoms with van der Waals surface area (Å²) >= 11 is 0. The fraction of sp³-hybridized carbons (Fsp3) is 0.922. The number of unbranched alkanes of at least 4 members (excludes halogenated alkanes) is 59. The Morgan fingerprint density at radius 2 is 0.566 bits per heavy atom. The van der Waals surface area contributed by atoms with Crippen LogP contribution in [0.2, 0.25) is 0 Å². The van der Waals surface area contributed by atoms with Gasteiger partial charge in [0.25, 0.3) is 0 Å². The molecule has 492 valence electrons. The molecule has 0 aromatic carbocycles. The molecule has 0 saturated carbocycles. The van der Waals surface area contributed by atoms with Gasteiger partial charge in [-0.05, 0) is 57.8 Å². The summed E-state index contributed by atoms with van der Waals surface area (Å²) in [7, 11) is 0. The Balaban J connectivity index is 3.40. The van der Waals surface area contributed by atoms with E-state index in [4.69, 9.17) is 4.74 Å². The van der Waals surface area contributed by atoms with Crippen molar-refractivity contribution in [2.45, 2.75) is 443 Å². The first kappa shape index (κ1) is 81.3. The normalized spacial score (nSPS) is 12.6. The van der Waals surface area contributed by atoms with E-state index in [1.807, 2.05) is 6.08 Å². The average molecular weight is 1170 g/mol. The lowest BCUT2D eigenvalue weighted by Crippen LogP contribution is -2.45. The van der Waals surface area contributed by atoms with Crippen LogP contribution in [-0.2, 0) is 14.3 Å². The minimum Gasteiger partial charge on any atom is -0.466 e. The summed E-state index contributed by atoms with van der Waals surface area (Å²) < 4.78 is 5.48. The Kier molecular flexibility index (Phi) is 71.4. The van der Waals surface area contributed by atoms with Crippen molar-refractivity contribution in [3.05, 3.63) is 24.3 Å². The smallest absolute Gasteiger partial charge is 0.305 e. The lowest BCUT2D eigenvalue weighted by atomic mass is 10.0. The molecule has 0 bridgehead atoms. The van der Waals surface area contributed by atoms with Gasteiger partial charge in [0.05, 0.1) is 25.4 Å². The van der Waals surface area contributed by atoms with Gasteiger partial charge in [-0.3, -0.25) is 9.59 Å². The zero-order chi connectivity index (χ0) is 59.9. The highest BCUT2D eigenvalue weighted by atomic mass is 16.5. The van der Waals surface area contributed by atoms with Crippen molar-refractivity contribution < 1.29 is 24.5 Å². The van der Waals surface area contributed by atoms with E-state index in [1.54, 1.807) is 6.08 Å². The number of hydrogen-bond acceptors (Lipinski definition) is 5. The number of ether oxygens (including phenoxy) is 1. The second-order valence-electron chi connectivity index (χ2n) is 26.3. The minimum absolute atomic E-state index is 0.0173. The van der Waals surface area contributed by atoms with Gasteiger partial charge in [0.2, 0.25) is 5.91 Å². The zero-order valence-corrected chi connectivity index (χ0v) is 56.5. The number of carbonyl (C=O) groups excluding carboxylic acids is 2. The highest BCUT2D eigenvalue weighted by Crippen LogP contribution is 2.19. The molecule has 0 fully saturated rings. The molecule has 0 saturated heterocycles. The zero-order valence-electron chi connectivity index (χ0n) is 56.5. The van der Waals surface area contributed by atoms with Crippen molar-refractivity contribution in [1.29, 1.82) is 0 Å². The van der Waals surface area contributed by atoms with E-state index in [9.17, 15) is 19.8 Å². The molecule has 0 aromatic heterocycles. The number of carbonyl (C=O) groups is 2. The SMILES string of the molecule is CCCCCCCCCCCCCCCCCCCCCCCCC/C=C/C(O)C(CO)NC(=O)CCCCCCCCCCCCCCCC/C=C\CCCCCCCCCCCCCCOC(=O)CCCCCCCCCCCCC. The predicted octanol–water partition coefficient (Wildman–Crippen LogP) is 24.9. The Labute approximate surface area is 520 Å². The van der Waals surface area contributed by atoms with Gasteiger partial charge in [-0.15, -0.1) is 0 Å². The van der Waals surface area contributed by atoms with Gasteiger partial charge in [0, 0.05) is 12.8 Å². The monoisotopic (exact) mass is 1170 g/mol. The quantitative estimate of drug-likeness (QED) is 0.0320. The van der Waals surface area contributed by atoms with Crippen LogP contribution in [0.4, 0.5) is 0 Å². The molecule has 83 heavy (non-hydrogen) atoms. The summed E-state index contributed by atoms with van der Waals surface area (Å²) in [5, 5.41) is 23.3. The molecular formula is C77H149NO5. The predicted molar refractivity (Wildman–Crippen MR) is 366 cm³/mol. The topological polar surface area (TPSA) is 95.9 Å². The van der Waals surface area contributed by atoms with Gasteiger partial charge >= 0.3 is 5.97 Å². The molecule has 0 aromatic rings. The summed E-state index contributed by atoms with van der Waals surface area (Å²) in [5.41, 5.74) is 0. The van der Waals surface area contributed by atoms with Crippen LogP contribution in [0.1, 0.15) is 431 Å². The molecule has 2 atom stereocenters. The number of nitrogens with one attached hydrogen (secondary N) is 1. The second kappa shape index (κ2) is 72.8. The lowest BCUT2D eigenvalue weighted by Gasteiger charge is -2.20. The molecule has 0 aliphatic rings. The van der Waals surface area contributed by atoms with Crippen LogP contribution >= 0.6 is 0 Å². The summed E-state index contributed by atoms with van der Waals surface area (Å²) in [6.45, 7) is 4.95. The van der Waals surface area contributed by atoms with Crippen molar-refractivity contribution in [3.63, 3.8) is 0 Å². The molecule has 0 radical (unpaired) electrons. The summed E-state index contributed by atoms with van der Waals surface area (Å²) in [5.74, 6) is -0.0439. The maximum absolute atomic E-state index is 12.5. The number of esters is 1. The Morgan fingerprint density at radius 3 is 0.855 bits per heavy atom. The third kappa shape index (κ3) is 69.3. The number of aliphatic hydroxyl groups is 2. The number of allylic oxidation sites excluding steroid dienone is 3. The average Bonchev–Trinajstić information content (AvgIpc) is 3.50. The van der Waals surface area contributed by atoms with Gasteiger partial charge in [-0.25, -0.2) is 0 Å². The standard InChI is InChI=1S/C77H149NO5/c1-3-5-7-9-11-13-15-16-17-18-19-20-21-28-31-34-37-40-43-46-50-53-57-61-65-69-75(80)74(73-79)78-76(81)70-66-62-58-54-51-47-44-41-38-35-32-29-26-24-22-23-25-27-30-33-36-39-42-45-48-52-56-60-64-68-72-83-77(82)71-67-63-59-55-49-14-12-10-8-6-4-2/h23,25,65,69,74-75,79-80H,3-22,24,26-64,66-68,70-73H2,1-2H3,(H,78,81)/b25-23-,69-65+. The first-order valence-corrected chi connectivity index (χ1v) is 38.1. The van der Waals surface area contributed by atoms with E-state index >= 15 is 0 Å². The van der Waals surface area contributed by atoms with E-state index in [2.05, 4.69) is 31.3 Å². The van der Waals surface area contributed by atoms with Crippen LogP contribution < -0.4 is 5.32 Å². The molecule has 2 unspecified atom stereocenters.